The van der Waals surface area contributed by atoms with E-state index >= 15 is 0 Å². The molecule has 0 bridgehead atoms. The van der Waals surface area contributed by atoms with E-state index in [-0.39, 0.29) is 0 Å². The van der Waals surface area contributed by atoms with Gasteiger partial charge in [0.1, 0.15) is 0 Å². The van der Waals surface area contributed by atoms with Crippen molar-refractivity contribution in [1.29, 1.82) is 0 Å². The van der Waals surface area contributed by atoms with Crippen molar-refractivity contribution in [2.24, 2.45) is 0 Å². The van der Waals surface area contributed by atoms with Crippen LogP contribution in [0.15, 0.2) is 36.0 Å². The summed E-state index contributed by atoms with van der Waals surface area (Å²) >= 11 is 0. The van der Waals surface area contributed by atoms with E-state index in [2.05, 4.69) is 33.9 Å². The Labute approximate surface area is 76.7 Å². The Hall–Kier alpha value is -0.780. The number of allylic oxidation sites excluding steroid dienone is 4. The summed E-state index contributed by atoms with van der Waals surface area (Å²) in [6.45, 7) is 14.0. The summed E-state index contributed by atoms with van der Waals surface area (Å²) in [6.07, 6.45) is 5.45. The average molecular weight is 164 g/mol. The van der Waals surface area contributed by atoms with Crippen molar-refractivity contribution < 1.29 is 0 Å². The first-order chi connectivity index (χ1) is 5.57. The molecule has 0 aliphatic carbocycles. The summed E-state index contributed by atoms with van der Waals surface area (Å²) in [6, 6.07) is 0. The van der Waals surface area contributed by atoms with Gasteiger partial charge in [0.2, 0.25) is 0 Å². The zero-order valence-electron chi connectivity index (χ0n) is 8.61. The molecule has 0 aliphatic heterocycles. The molecule has 0 fully saturated rings. The highest BCUT2D eigenvalue weighted by Gasteiger charge is 1.94. The molecule has 0 unspecified atom stereocenters. The second-order valence-corrected chi connectivity index (χ2v) is 3.48. The van der Waals surface area contributed by atoms with Crippen molar-refractivity contribution in [2.75, 3.05) is 0 Å². The Morgan fingerprint density at radius 1 is 1.17 bits per heavy atom. The minimum atomic E-state index is 1.14. The first kappa shape index (κ1) is 11.2. The number of rotatable bonds is 5. The molecule has 0 N–H and O–H groups in total. The molecule has 0 aromatic carbocycles. The molecule has 0 saturated carbocycles. The fraction of sp³-hybridized carbons (Fsp3) is 0.500. The van der Waals surface area contributed by atoms with Crippen molar-refractivity contribution >= 4 is 0 Å². The molecule has 68 valence electrons. The van der Waals surface area contributed by atoms with Crippen molar-refractivity contribution in [3.63, 3.8) is 0 Å². The standard InChI is InChI=1S/C12H20/c1-6-11(4)12(5)9-7-8-10(2)3/h6H,1-2,7-9H2,3-5H3/b12-11-. The molecular weight excluding hydrogens is 144 g/mol. The van der Waals surface area contributed by atoms with Crippen LogP contribution < -0.4 is 0 Å². The molecule has 0 aliphatic rings. The van der Waals surface area contributed by atoms with Crippen LogP contribution in [0.4, 0.5) is 0 Å². The summed E-state index contributed by atoms with van der Waals surface area (Å²) in [5.41, 5.74) is 4.04. The van der Waals surface area contributed by atoms with Gasteiger partial charge in [0, 0.05) is 0 Å². The van der Waals surface area contributed by atoms with Crippen LogP contribution >= 0.6 is 0 Å². The Morgan fingerprint density at radius 2 is 1.75 bits per heavy atom. The molecule has 0 heterocycles. The normalized spacial score (nSPS) is 12.2. The van der Waals surface area contributed by atoms with Gasteiger partial charge in [-0.25, -0.2) is 0 Å². The van der Waals surface area contributed by atoms with Crippen LogP contribution in [0.25, 0.3) is 0 Å². The third-order valence-corrected chi connectivity index (χ3v) is 2.13. The first-order valence-corrected chi connectivity index (χ1v) is 4.51. The highest BCUT2D eigenvalue weighted by atomic mass is 14.0. The quantitative estimate of drug-likeness (QED) is 0.421. The van der Waals surface area contributed by atoms with Gasteiger partial charge in [-0.15, -0.1) is 6.58 Å². The van der Waals surface area contributed by atoms with E-state index < -0.39 is 0 Å². The van der Waals surface area contributed by atoms with Crippen molar-refractivity contribution in [1.82, 2.24) is 0 Å². The van der Waals surface area contributed by atoms with E-state index in [1.165, 1.54) is 29.6 Å². The van der Waals surface area contributed by atoms with Crippen molar-refractivity contribution in [2.45, 2.75) is 40.0 Å². The zero-order valence-corrected chi connectivity index (χ0v) is 8.61. The van der Waals surface area contributed by atoms with Crippen LogP contribution in [0.2, 0.25) is 0 Å². The van der Waals surface area contributed by atoms with E-state index in [0.717, 1.165) is 6.42 Å². The lowest BCUT2D eigenvalue weighted by Crippen LogP contribution is -1.83. The van der Waals surface area contributed by atoms with Gasteiger partial charge in [-0.05, 0) is 40.0 Å². The van der Waals surface area contributed by atoms with Gasteiger partial charge < -0.3 is 0 Å². The van der Waals surface area contributed by atoms with Gasteiger partial charge in [0.05, 0.1) is 0 Å². The van der Waals surface area contributed by atoms with Crippen LogP contribution in [-0.2, 0) is 0 Å². The van der Waals surface area contributed by atoms with Crippen LogP contribution in [-0.4, -0.2) is 0 Å². The third-order valence-electron chi connectivity index (χ3n) is 2.13. The predicted octanol–water partition coefficient (Wildman–Crippen LogP) is 4.26. The molecule has 12 heavy (non-hydrogen) atoms. The fourth-order valence-corrected chi connectivity index (χ4v) is 1.03. The summed E-state index contributed by atoms with van der Waals surface area (Å²) in [7, 11) is 0. The lowest BCUT2D eigenvalue weighted by Gasteiger charge is -2.03. The van der Waals surface area contributed by atoms with Crippen LogP contribution in [0, 0.1) is 0 Å². The molecule has 0 radical (unpaired) electrons. The van der Waals surface area contributed by atoms with Crippen LogP contribution in [0.3, 0.4) is 0 Å². The molecular formula is C12H20. The summed E-state index contributed by atoms with van der Waals surface area (Å²) < 4.78 is 0. The Bertz CT molecular complexity index is 194. The maximum Gasteiger partial charge on any atom is -0.0314 e. The van der Waals surface area contributed by atoms with Gasteiger partial charge >= 0.3 is 0 Å². The second-order valence-electron chi connectivity index (χ2n) is 3.48. The van der Waals surface area contributed by atoms with Crippen LogP contribution in [0.5, 0.6) is 0 Å². The average Bonchev–Trinajstić information content (AvgIpc) is 2.02. The maximum atomic E-state index is 3.88. The number of hydrogen-bond acceptors (Lipinski definition) is 0. The van der Waals surface area contributed by atoms with Crippen molar-refractivity contribution in [3.05, 3.63) is 36.0 Å². The molecule has 0 amide bonds. The van der Waals surface area contributed by atoms with Gasteiger partial charge in [0.15, 0.2) is 0 Å². The van der Waals surface area contributed by atoms with Crippen molar-refractivity contribution in [3.8, 4) is 0 Å². The summed E-state index contributed by atoms with van der Waals surface area (Å²) in [5.74, 6) is 0. The topological polar surface area (TPSA) is 0 Å². The lowest BCUT2D eigenvalue weighted by molar-refractivity contribution is 0.800. The first-order valence-electron chi connectivity index (χ1n) is 4.51. The Balaban J connectivity index is 3.78. The largest absolute Gasteiger partial charge is 0.100 e. The SMILES string of the molecule is C=C/C(C)=C(/C)CCCC(=C)C. The monoisotopic (exact) mass is 164 g/mol. The zero-order chi connectivity index (χ0) is 9.56. The predicted molar refractivity (Wildman–Crippen MR) is 57.2 cm³/mol. The fourth-order valence-electron chi connectivity index (χ4n) is 1.03. The highest BCUT2D eigenvalue weighted by molar-refractivity contribution is 5.20. The third kappa shape index (κ3) is 4.95. The Kier molecular flexibility index (Phi) is 5.44. The molecule has 0 aromatic rings. The maximum absolute atomic E-state index is 3.88. The molecule has 0 rings (SSSR count). The van der Waals surface area contributed by atoms with E-state index in [9.17, 15) is 0 Å². The molecule has 0 heteroatoms. The molecule has 0 atom stereocenters. The molecule has 0 nitrogen and oxygen atoms in total. The summed E-state index contributed by atoms with van der Waals surface area (Å²) in [4.78, 5) is 0. The van der Waals surface area contributed by atoms with Gasteiger partial charge in [-0.3, -0.25) is 0 Å². The molecule has 0 aromatic heterocycles. The van der Waals surface area contributed by atoms with E-state index in [1.54, 1.807) is 0 Å². The minimum Gasteiger partial charge on any atom is -0.100 e. The summed E-state index contributed by atoms with van der Waals surface area (Å²) in [5, 5.41) is 0. The molecule has 0 saturated heterocycles. The van der Waals surface area contributed by atoms with E-state index in [4.69, 9.17) is 0 Å². The van der Waals surface area contributed by atoms with Crippen LogP contribution in [0.1, 0.15) is 40.0 Å². The van der Waals surface area contributed by atoms with Gasteiger partial charge in [0.25, 0.3) is 0 Å². The van der Waals surface area contributed by atoms with E-state index in [0.29, 0.717) is 0 Å². The Morgan fingerprint density at radius 3 is 2.17 bits per heavy atom. The molecule has 0 spiro atoms. The second kappa shape index (κ2) is 5.82. The number of hydrogen-bond donors (Lipinski definition) is 0. The lowest BCUT2D eigenvalue weighted by atomic mass is 10.0. The highest BCUT2D eigenvalue weighted by Crippen LogP contribution is 2.14. The van der Waals surface area contributed by atoms with E-state index in [1.807, 2.05) is 6.08 Å². The smallest absolute Gasteiger partial charge is 0.0314 e. The minimum absolute atomic E-state index is 1.14. The van der Waals surface area contributed by atoms with Gasteiger partial charge in [-0.2, -0.15) is 0 Å². The van der Waals surface area contributed by atoms with Gasteiger partial charge in [-0.1, -0.05) is 29.4 Å².